The molecule has 2 aliphatic rings. The molecule has 0 fully saturated rings. The van der Waals surface area contributed by atoms with Crippen molar-refractivity contribution in [3.05, 3.63) is 76.6 Å². The van der Waals surface area contributed by atoms with Crippen LogP contribution in [0.5, 0.6) is 11.5 Å². The minimum atomic E-state index is -0.256. The summed E-state index contributed by atoms with van der Waals surface area (Å²) in [6.45, 7) is 1.46. The Bertz CT molecular complexity index is 1110. The van der Waals surface area contributed by atoms with Gasteiger partial charge in [0.15, 0.2) is 17.2 Å². The molecule has 2 aromatic carbocycles. The molecule has 0 spiro atoms. The maximum absolute atomic E-state index is 13.0. The number of benzene rings is 2. The molecular formula is C22H20N4O4. The summed E-state index contributed by atoms with van der Waals surface area (Å²) in [7, 11) is 0. The number of H-pyrrole nitrogens is 1. The van der Waals surface area contributed by atoms with Crippen LogP contribution in [0.25, 0.3) is 0 Å². The molecule has 152 valence electrons. The molecule has 5 rings (SSSR count). The minimum Gasteiger partial charge on any atom is -0.454 e. The summed E-state index contributed by atoms with van der Waals surface area (Å²) >= 11 is 0. The number of rotatable bonds is 4. The van der Waals surface area contributed by atoms with Gasteiger partial charge < -0.3 is 19.7 Å². The largest absolute Gasteiger partial charge is 0.454 e. The Hall–Kier alpha value is -3.81. The fourth-order valence-corrected chi connectivity index (χ4v) is 3.73. The molecule has 1 aromatic heterocycles. The average Bonchev–Trinajstić information content (AvgIpc) is 3.43. The SMILES string of the molecule is O=C(NCc1ccccc1)c1n[nH]c2c1CN(C(=O)c1ccc3c(c1)OCO3)CC2. The summed E-state index contributed by atoms with van der Waals surface area (Å²) in [4.78, 5) is 27.4. The van der Waals surface area contributed by atoms with Gasteiger partial charge >= 0.3 is 0 Å². The van der Waals surface area contributed by atoms with Gasteiger partial charge in [-0.15, -0.1) is 0 Å². The predicted molar refractivity (Wildman–Crippen MR) is 107 cm³/mol. The molecule has 0 unspecified atom stereocenters. The Morgan fingerprint density at radius 2 is 1.93 bits per heavy atom. The summed E-state index contributed by atoms with van der Waals surface area (Å²) in [6, 6.07) is 14.9. The molecule has 0 radical (unpaired) electrons. The molecule has 0 aliphatic carbocycles. The molecule has 2 N–H and O–H groups in total. The third kappa shape index (κ3) is 3.36. The quantitative estimate of drug-likeness (QED) is 0.695. The van der Waals surface area contributed by atoms with E-state index in [9.17, 15) is 9.59 Å². The van der Waals surface area contributed by atoms with Gasteiger partial charge in [0.05, 0.1) is 6.54 Å². The summed E-state index contributed by atoms with van der Waals surface area (Å²) in [6.07, 6.45) is 0.616. The molecule has 8 nitrogen and oxygen atoms in total. The number of nitrogens with zero attached hydrogens (tertiary/aromatic N) is 2. The number of hydrogen-bond acceptors (Lipinski definition) is 5. The molecule has 30 heavy (non-hydrogen) atoms. The van der Waals surface area contributed by atoms with E-state index >= 15 is 0 Å². The average molecular weight is 404 g/mol. The first-order valence-electron chi connectivity index (χ1n) is 9.76. The van der Waals surface area contributed by atoms with E-state index in [1.165, 1.54) is 0 Å². The van der Waals surface area contributed by atoms with Crippen molar-refractivity contribution in [2.24, 2.45) is 0 Å². The Kier molecular flexibility index (Phi) is 4.59. The van der Waals surface area contributed by atoms with Crippen LogP contribution in [0.1, 0.15) is 37.7 Å². The van der Waals surface area contributed by atoms with Crippen LogP contribution >= 0.6 is 0 Å². The van der Waals surface area contributed by atoms with Gasteiger partial charge in [-0.3, -0.25) is 14.7 Å². The first-order valence-corrected chi connectivity index (χ1v) is 9.76. The number of nitrogens with one attached hydrogen (secondary N) is 2. The maximum atomic E-state index is 13.0. The molecule has 0 saturated carbocycles. The topological polar surface area (TPSA) is 96.6 Å². The van der Waals surface area contributed by atoms with Gasteiger partial charge in [0, 0.05) is 36.3 Å². The van der Waals surface area contributed by atoms with Gasteiger partial charge in [0.25, 0.3) is 11.8 Å². The van der Waals surface area contributed by atoms with Crippen molar-refractivity contribution in [1.29, 1.82) is 0 Å². The van der Waals surface area contributed by atoms with Crippen molar-refractivity contribution < 1.29 is 19.1 Å². The van der Waals surface area contributed by atoms with E-state index in [2.05, 4.69) is 15.5 Å². The van der Waals surface area contributed by atoms with E-state index in [0.29, 0.717) is 48.8 Å². The Labute approximate surface area is 172 Å². The molecule has 2 aliphatic heterocycles. The summed E-state index contributed by atoms with van der Waals surface area (Å²) in [5, 5.41) is 10.1. The smallest absolute Gasteiger partial charge is 0.272 e. The molecule has 3 aromatic rings. The van der Waals surface area contributed by atoms with Gasteiger partial charge in [-0.25, -0.2) is 0 Å². The summed E-state index contributed by atoms with van der Waals surface area (Å²) < 4.78 is 10.7. The molecular weight excluding hydrogens is 384 g/mol. The number of carbonyl (C=O) groups excluding carboxylic acids is 2. The van der Waals surface area contributed by atoms with E-state index in [0.717, 1.165) is 16.8 Å². The second-order valence-corrected chi connectivity index (χ2v) is 7.24. The fraction of sp³-hybridized carbons (Fsp3) is 0.227. The first-order chi connectivity index (χ1) is 14.7. The van der Waals surface area contributed by atoms with Crippen molar-refractivity contribution in [2.75, 3.05) is 13.3 Å². The lowest BCUT2D eigenvalue weighted by Gasteiger charge is -2.27. The van der Waals surface area contributed by atoms with Gasteiger partial charge in [-0.05, 0) is 23.8 Å². The van der Waals surface area contributed by atoms with E-state index in [1.807, 2.05) is 30.3 Å². The third-order valence-corrected chi connectivity index (χ3v) is 5.35. The van der Waals surface area contributed by atoms with Crippen LogP contribution < -0.4 is 14.8 Å². The van der Waals surface area contributed by atoms with Crippen LogP contribution in [0.2, 0.25) is 0 Å². The Morgan fingerprint density at radius 1 is 1.10 bits per heavy atom. The number of aromatic nitrogens is 2. The van der Waals surface area contributed by atoms with Gasteiger partial charge in [-0.1, -0.05) is 30.3 Å². The van der Waals surface area contributed by atoms with Crippen molar-refractivity contribution in [3.8, 4) is 11.5 Å². The number of carbonyl (C=O) groups is 2. The lowest BCUT2D eigenvalue weighted by molar-refractivity contribution is 0.0731. The number of fused-ring (bicyclic) bond motifs is 2. The fourth-order valence-electron chi connectivity index (χ4n) is 3.73. The highest BCUT2D eigenvalue weighted by atomic mass is 16.7. The lowest BCUT2D eigenvalue weighted by atomic mass is 10.0. The van der Waals surface area contributed by atoms with E-state index in [-0.39, 0.29) is 18.6 Å². The van der Waals surface area contributed by atoms with Crippen molar-refractivity contribution in [3.63, 3.8) is 0 Å². The Balaban J connectivity index is 1.31. The minimum absolute atomic E-state index is 0.115. The van der Waals surface area contributed by atoms with Crippen LogP contribution in [0, 0.1) is 0 Å². The lowest BCUT2D eigenvalue weighted by Crippen LogP contribution is -2.36. The van der Waals surface area contributed by atoms with Crippen LogP contribution in [-0.4, -0.2) is 40.2 Å². The Morgan fingerprint density at radius 3 is 2.80 bits per heavy atom. The van der Waals surface area contributed by atoms with Gasteiger partial charge in [0.1, 0.15) is 0 Å². The monoisotopic (exact) mass is 404 g/mol. The zero-order valence-corrected chi connectivity index (χ0v) is 16.2. The van der Waals surface area contributed by atoms with Gasteiger partial charge in [-0.2, -0.15) is 5.10 Å². The van der Waals surface area contributed by atoms with Crippen molar-refractivity contribution in [1.82, 2.24) is 20.4 Å². The highest BCUT2D eigenvalue weighted by Crippen LogP contribution is 2.33. The second-order valence-electron chi connectivity index (χ2n) is 7.24. The molecule has 0 atom stereocenters. The highest BCUT2D eigenvalue weighted by Gasteiger charge is 2.29. The molecule has 8 heteroatoms. The third-order valence-electron chi connectivity index (χ3n) is 5.35. The van der Waals surface area contributed by atoms with Crippen LogP contribution in [0.15, 0.2) is 48.5 Å². The zero-order valence-electron chi connectivity index (χ0n) is 16.2. The second kappa shape index (κ2) is 7.55. The van der Waals surface area contributed by atoms with E-state index in [1.54, 1.807) is 23.1 Å². The predicted octanol–water partition coefficient (Wildman–Crippen LogP) is 2.27. The maximum Gasteiger partial charge on any atom is 0.272 e. The number of hydrogen-bond donors (Lipinski definition) is 2. The van der Waals surface area contributed by atoms with Crippen LogP contribution in [0.3, 0.4) is 0 Å². The van der Waals surface area contributed by atoms with Crippen molar-refractivity contribution >= 4 is 11.8 Å². The number of amides is 2. The van der Waals surface area contributed by atoms with Crippen LogP contribution in [-0.2, 0) is 19.5 Å². The van der Waals surface area contributed by atoms with Crippen LogP contribution in [0.4, 0.5) is 0 Å². The zero-order chi connectivity index (χ0) is 20.5. The summed E-state index contributed by atoms with van der Waals surface area (Å²) in [5.74, 6) is 0.840. The van der Waals surface area contributed by atoms with E-state index < -0.39 is 0 Å². The molecule has 3 heterocycles. The van der Waals surface area contributed by atoms with Gasteiger partial charge in [0.2, 0.25) is 6.79 Å². The number of aromatic amines is 1. The van der Waals surface area contributed by atoms with E-state index in [4.69, 9.17) is 9.47 Å². The summed E-state index contributed by atoms with van der Waals surface area (Å²) in [5.41, 5.74) is 3.54. The standard InChI is InChI=1S/C22H20N4O4/c27-21(23-11-14-4-2-1-3-5-14)20-16-12-26(9-8-17(16)24-25-20)22(28)15-6-7-18-19(10-15)30-13-29-18/h1-7,10H,8-9,11-13H2,(H,23,27)(H,24,25). The normalized spacial score (nSPS) is 14.3. The molecule has 0 saturated heterocycles. The highest BCUT2D eigenvalue weighted by molar-refractivity contribution is 5.96. The number of ether oxygens (including phenoxy) is 2. The molecule has 2 amide bonds. The van der Waals surface area contributed by atoms with Crippen molar-refractivity contribution in [2.45, 2.75) is 19.5 Å². The molecule has 0 bridgehead atoms. The first kappa shape index (κ1) is 18.2.